The van der Waals surface area contributed by atoms with Crippen LogP contribution < -0.4 is 5.73 Å². The number of benzene rings is 4. The zero-order valence-electron chi connectivity index (χ0n) is 24.9. The molecule has 1 heterocycles. The minimum absolute atomic E-state index is 0. The number of nitrogens with two attached hydrogens (primary N) is 1. The maximum absolute atomic E-state index is 10.6. The van der Waals surface area contributed by atoms with E-state index in [9.17, 15) is 20.3 Å². The van der Waals surface area contributed by atoms with Gasteiger partial charge >= 0.3 is 0 Å². The summed E-state index contributed by atoms with van der Waals surface area (Å²) >= 11 is 0. The molecule has 0 saturated heterocycles. The molecule has 4 atom stereocenters. The molecule has 4 N–H and O–H groups in total. The fourth-order valence-corrected chi connectivity index (χ4v) is 4.98. The van der Waals surface area contributed by atoms with Crippen LogP contribution in [0.1, 0.15) is 80.6 Å². The summed E-state index contributed by atoms with van der Waals surface area (Å²) in [7, 11) is 0. The van der Waals surface area contributed by atoms with Crippen LogP contribution in [0, 0.1) is 28.9 Å². The molecule has 0 fully saturated rings. The van der Waals surface area contributed by atoms with Gasteiger partial charge in [0.25, 0.3) is 5.69 Å². The van der Waals surface area contributed by atoms with E-state index in [1.807, 2.05) is 60.7 Å². The number of nitro benzene ring substituents is 1. The average Bonchev–Trinajstić information content (AvgIpc) is 3.53. The third kappa shape index (κ3) is 11.4. The van der Waals surface area contributed by atoms with Gasteiger partial charge in [-0.25, -0.2) is 0 Å². The van der Waals surface area contributed by atoms with Gasteiger partial charge in [-0.1, -0.05) is 117 Å². The molecule has 4 aromatic rings. The SMILES string of the molecule is C.C.Cc1ccc(CC2=N[C@@H]([C@H](O)c3ccccc3)CC2)cc1.N[C@H](CCC#Cc1ccc([N+](=O)[O-])cc1)[C@H](O)c1ccccc1. The van der Waals surface area contributed by atoms with Gasteiger partial charge in [-0.15, -0.1) is 0 Å². The lowest BCUT2D eigenvalue weighted by Gasteiger charge is -2.18. The zero-order chi connectivity index (χ0) is 31.3. The topological polar surface area (TPSA) is 122 Å². The smallest absolute Gasteiger partial charge is 0.269 e. The molecule has 46 heavy (non-hydrogen) atoms. The van der Waals surface area contributed by atoms with Crippen molar-refractivity contribution >= 4 is 11.4 Å². The van der Waals surface area contributed by atoms with Gasteiger partial charge in [0.2, 0.25) is 0 Å². The fourth-order valence-electron chi connectivity index (χ4n) is 4.98. The first-order chi connectivity index (χ1) is 21.3. The Morgan fingerprint density at radius 2 is 1.48 bits per heavy atom. The third-order valence-corrected chi connectivity index (χ3v) is 7.57. The molecule has 7 nitrogen and oxygen atoms in total. The number of aryl methyl sites for hydroxylation is 1. The molecule has 0 amide bonds. The summed E-state index contributed by atoms with van der Waals surface area (Å²) in [5.41, 5.74) is 12.3. The second-order valence-electron chi connectivity index (χ2n) is 11.0. The molecule has 4 aromatic carbocycles. The van der Waals surface area contributed by atoms with Gasteiger partial charge in [-0.2, -0.15) is 0 Å². The molecule has 0 unspecified atom stereocenters. The molecule has 7 heteroatoms. The van der Waals surface area contributed by atoms with Crippen LogP contribution in [0.4, 0.5) is 5.69 Å². The quantitative estimate of drug-likeness (QED) is 0.0995. The number of nitrogens with zero attached hydrogens (tertiary/aromatic N) is 2. The Morgan fingerprint density at radius 3 is 2.07 bits per heavy atom. The number of nitro groups is 1. The summed E-state index contributed by atoms with van der Waals surface area (Å²) in [6.07, 6.45) is 2.75. The van der Waals surface area contributed by atoms with Crippen molar-refractivity contribution in [3.63, 3.8) is 0 Å². The highest BCUT2D eigenvalue weighted by molar-refractivity contribution is 5.88. The molecular formula is C39H47N3O4. The molecule has 0 radical (unpaired) electrons. The van der Waals surface area contributed by atoms with E-state index in [-0.39, 0.29) is 32.6 Å². The molecule has 0 bridgehead atoms. The van der Waals surface area contributed by atoms with E-state index in [4.69, 9.17) is 10.7 Å². The highest BCUT2D eigenvalue weighted by Gasteiger charge is 2.25. The second kappa shape index (κ2) is 19.0. The van der Waals surface area contributed by atoms with Gasteiger partial charge in [-0.3, -0.25) is 15.1 Å². The third-order valence-electron chi connectivity index (χ3n) is 7.57. The summed E-state index contributed by atoms with van der Waals surface area (Å²) < 4.78 is 0. The highest BCUT2D eigenvalue weighted by atomic mass is 16.6. The molecule has 242 valence electrons. The van der Waals surface area contributed by atoms with Crippen LogP contribution in [0.15, 0.2) is 114 Å². The van der Waals surface area contributed by atoms with E-state index < -0.39 is 17.1 Å². The second-order valence-corrected chi connectivity index (χ2v) is 11.0. The van der Waals surface area contributed by atoms with Crippen LogP contribution in [0.5, 0.6) is 0 Å². The van der Waals surface area contributed by atoms with Crippen molar-refractivity contribution in [2.75, 3.05) is 0 Å². The largest absolute Gasteiger partial charge is 0.387 e. The monoisotopic (exact) mass is 621 g/mol. The fraction of sp³-hybridized carbons (Fsp3) is 0.308. The number of non-ortho nitro benzene ring substituents is 1. The lowest BCUT2D eigenvalue weighted by molar-refractivity contribution is -0.384. The van der Waals surface area contributed by atoms with Crippen LogP contribution in [-0.2, 0) is 6.42 Å². The molecule has 0 aliphatic carbocycles. The first-order valence-corrected chi connectivity index (χ1v) is 14.9. The van der Waals surface area contributed by atoms with Crippen LogP contribution in [0.2, 0.25) is 0 Å². The van der Waals surface area contributed by atoms with Crippen LogP contribution in [0.25, 0.3) is 0 Å². The molecule has 0 saturated carbocycles. The minimum Gasteiger partial charge on any atom is -0.387 e. The molecule has 1 aliphatic heterocycles. The zero-order valence-corrected chi connectivity index (χ0v) is 24.9. The van der Waals surface area contributed by atoms with Gasteiger partial charge in [0.1, 0.15) is 6.10 Å². The van der Waals surface area contributed by atoms with Gasteiger partial charge < -0.3 is 15.9 Å². The van der Waals surface area contributed by atoms with E-state index in [1.54, 1.807) is 12.1 Å². The van der Waals surface area contributed by atoms with Crippen molar-refractivity contribution in [1.82, 2.24) is 0 Å². The summed E-state index contributed by atoms with van der Waals surface area (Å²) in [4.78, 5) is 14.9. The van der Waals surface area contributed by atoms with Crippen molar-refractivity contribution in [1.29, 1.82) is 0 Å². The van der Waals surface area contributed by atoms with Crippen molar-refractivity contribution in [2.45, 2.75) is 78.2 Å². The van der Waals surface area contributed by atoms with Gasteiger partial charge in [0.05, 0.1) is 17.1 Å². The lowest BCUT2D eigenvalue weighted by atomic mass is 9.99. The number of aliphatic hydroxyl groups excluding tert-OH is 2. The summed E-state index contributed by atoms with van der Waals surface area (Å²) in [6, 6.07) is 33.4. The van der Waals surface area contributed by atoms with Crippen molar-refractivity contribution in [2.24, 2.45) is 10.7 Å². The normalized spacial score (nSPS) is 15.2. The number of aliphatic imine (C=N–C) groups is 1. The lowest BCUT2D eigenvalue weighted by Crippen LogP contribution is -2.28. The first-order valence-electron chi connectivity index (χ1n) is 14.9. The van der Waals surface area contributed by atoms with E-state index in [2.05, 4.69) is 43.0 Å². The number of rotatable bonds is 9. The summed E-state index contributed by atoms with van der Waals surface area (Å²) in [5.74, 6) is 5.91. The van der Waals surface area contributed by atoms with Gasteiger partial charge in [0.15, 0.2) is 0 Å². The maximum Gasteiger partial charge on any atom is 0.269 e. The molecule has 0 spiro atoms. The number of hydrogen-bond donors (Lipinski definition) is 3. The Balaban J connectivity index is 0.000000308. The van der Waals surface area contributed by atoms with Crippen molar-refractivity contribution in [3.8, 4) is 11.8 Å². The minimum atomic E-state index is -0.711. The highest BCUT2D eigenvalue weighted by Crippen LogP contribution is 2.28. The van der Waals surface area contributed by atoms with Crippen LogP contribution >= 0.6 is 0 Å². The Morgan fingerprint density at radius 1 is 0.891 bits per heavy atom. The standard InChI is InChI=1S/C19H21NO.C18H18N2O3.2CH4/c1-14-7-9-15(10-8-14)13-17-11-12-18(20-17)19(21)16-5-3-2-4-6-16;19-17(18(21)15-7-2-1-3-8-15)9-5-4-6-14-10-12-16(13-11-14)20(22)23;;/h2-10,18-19,21H,11-13H2,1H3;1-3,7-8,10-13,17-18,21H,5,9,19H2;2*1H4/t18-,19-;17-,18-;;/m11../s1. The van der Waals surface area contributed by atoms with E-state index in [0.717, 1.165) is 30.4 Å². The molecule has 5 rings (SSSR count). The Bertz CT molecular complexity index is 1560. The predicted molar refractivity (Wildman–Crippen MR) is 189 cm³/mol. The molecule has 1 aliphatic rings. The maximum atomic E-state index is 10.6. The van der Waals surface area contributed by atoms with Gasteiger partial charge in [-0.05, 0) is 55.0 Å². The number of hydrogen-bond acceptors (Lipinski definition) is 6. The van der Waals surface area contributed by atoms with E-state index in [0.29, 0.717) is 18.4 Å². The van der Waals surface area contributed by atoms with Crippen LogP contribution in [0.3, 0.4) is 0 Å². The Kier molecular flexibility index (Phi) is 15.5. The van der Waals surface area contributed by atoms with Gasteiger partial charge in [0, 0.05) is 42.3 Å². The Labute approximate surface area is 274 Å². The van der Waals surface area contributed by atoms with E-state index in [1.165, 1.54) is 29.0 Å². The van der Waals surface area contributed by atoms with Crippen molar-refractivity contribution < 1.29 is 15.1 Å². The summed E-state index contributed by atoms with van der Waals surface area (Å²) in [6.45, 7) is 2.10. The number of aliphatic hydroxyl groups is 2. The molecule has 0 aromatic heterocycles. The molecular weight excluding hydrogens is 574 g/mol. The van der Waals surface area contributed by atoms with Crippen molar-refractivity contribution in [3.05, 3.63) is 147 Å². The predicted octanol–water partition coefficient (Wildman–Crippen LogP) is 7.93. The first kappa shape index (κ1) is 37.6. The van der Waals surface area contributed by atoms with Crippen LogP contribution in [-0.4, -0.2) is 32.9 Å². The van der Waals surface area contributed by atoms with E-state index >= 15 is 0 Å². The average molecular weight is 622 g/mol. The summed E-state index contributed by atoms with van der Waals surface area (Å²) in [5, 5.41) is 31.1. The Hall–Kier alpha value is -4.61.